The molecule has 4 N–H and O–H groups in total. The molecule has 0 aliphatic heterocycles. The Bertz CT molecular complexity index is 578. The highest BCUT2D eigenvalue weighted by Crippen LogP contribution is 2.17. The lowest BCUT2D eigenvalue weighted by Gasteiger charge is -2.07. The first-order chi connectivity index (χ1) is 10.2. The van der Waals surface area contributed by atoms with E-state index in [2.05, 4.69) is 5.32 Å². The van der Waals surface area contributed by atoms with Crippen molar-refractivity contribution >= 4 is 11.6 Å². The molecule has 0 aliphatic carbocycles. The number of benzene rings is 1. The molecule has 0 unspecified atom stereocenters. The van der Waals surface area contributed by atoms with E-state index in [1.807, 2.05) is 30.3 Å². The number of hydrogen-bond donors (Lipinski definition) is 3. The molecular weight excluding hydrogens is 272 g/mol. The summed E-state index contributed by atoms with van der Waals surface area (Å²) in [4.78, 5) is 10.6. The maximum absolute atomic E-state index is 10.6. The van der Waals surface area contributed by atoms with Crippen LogP contribution in [0.4, 0.5) is 5.69 Å². The van der Waals surface area contributed by atoms with Crippen LogP contribution in [0.15, 0.2) is 40.8 Å². The van der Waals surface area contributed by atoms with Crippen molar-refractivity contribution < 1.29 is 19.1 Å². The number of carbonyl (C=O) groups is 1. The van der Waals surface area contributed by atoms with Crippen molar-refractivity contribution in [2.75, 3.05) is 11.9 Å². The van der Waals surface area contributed by atoms with Gasteiger partial charge in [0.2, 0.25) is 5.91 Å². The number of aliphatic hydroxyl groups excluding tert-OH is 1. The fourth-order valence-corrected chi connectivity index (χ4v) is 1.73. The third-order valence-electron chi connectivity index (χ3n) is 2.81. The number of amides is 1. The number of nitrogens with one attached hydrogen (secondary N) is 1. The Kier molecular flexibility index (Phi) is 5.22. The van der Waals surface area contributed by atoms with Crippen LogP contribution in [0.1, 0.15) is 17.9 Å². The van der Waals surface area contributed by atoms with Crippen LogP contribution in [0, 0.1) is 0 Å². The molecule has 1 amide bonds. The van der Waals surface area contributed by atoms with Gasteiger partial charge in [-0.15, -0.1) is 0 Å². The summed E-state index contributed by atoms with van der Waals surface area (Å²) in [5.41, 5.74) is 5.95. The minimum atomic E-state index is -0.381. The number of furan rings is 1. The fraction of sp³-hybridized carbons (Fsp3) is 0.267. The molecule has 0 aliphatic rings. The van der Waals surface area contributed by atoms with Gasteiger partial charge in [0.25, 0.3) is 0 Å². The van der Waals surface area contributed by atoms with E-state index in [0.717, 1.165) is 11.4 Å². The second-order valence-electron chi connectivity index (χ2n) is 4.47. The van der Waals surface area contributed by atoms with Gasteiger partial charge < -0.3 is 25.3 Å². The van der Waals surface area contributed by atoms with Gasteiger partial charge in [-0.3, -0.25) is 4.79 Å². The Labute approximate surface area is 122 Å². The van der Waals surface area contributed by atoms with Gasteiger partial charge >= 0.3 is 0 Å². The van der Waals surface area contributed by atoms with Crippen molar-refractivity contribution in [3.63, 3.8) is 0 Å². The maximum atomic E-state index is 10.6. The van der Waals surface area contributed by atoms with Crippen molar-refractivity contribution in [2.45, 2.75) is 19.6 Å². The molecule has 0 atom stereocenters. The third-order valence-corrected chi connectivity index (χ3v) is 2.81. The van der Waals surface area contributed by atoms with Crippen LogP contribution in [0.5, 0.6) is 5.75 Å². The van der Waals surface area contributed by atoms with Gasteiger partial charge in [-0.2, -0.15) is 0 Å². The minimum Gasteiger partial charge on any atom is -0.493 e. The standard InChI is InChI=1S/C15H18N2O4/c16-15(19)7-8-20-12-3-1-11(2-4-12)17-9-13-5-6-14(10-18)21-13/h1-6,17-18H,7-10H2,(H2,16,19). The highest BCUT2D eigenvalue weighted by atomic mass is 16.5. The molecule has 0 bridgehead atoms. The average molecular weight is 290 g/mol. The number of carbonyl (C=O) groups excluding carboxylic acids is 1. The Morgan fingerprint density at radius 2 is 1.90 bits per heavy atom. The first-order valence-corrected chi connectivity index (χ1v) is 6.61. The normalized spacial score (nSPS) is 10.3. The molecule has 0 radical (unpaired) electrons. The van der Waals surface area contributed by atoms with Gasteiger partial charge in [0.1, 0.15) is 23.9 Å². The van der Waals surface area contributed by atoms with Crippen molar-refractivity contribution in [1.29, 1.82) is 0 Å². The molecule has 0 saturated heterocycles. The number of nitrogens with two attached hydrogens (primary N) is 1. The number of hydrogen-bond acceptors (Lipinski definition) is 5. The molecular formula is C15H18N2O4. The molecule has 1 heterocycles. The lowest BCUT2D eigenvalue weighted by atomic mass is 10.3. The Morgan fingerprint density at radius 1 is 1.19 bits per heavy atom. The molecule has 0 saturated carbocycles. The van der Waals surface area contributed by atoms with E-state index < -0.39 is 0 Å². The molecule has 1 aromatic heterocycles. The van der Waals surface area contributed by atoms with E-state index in [-0.39, 0.29) is 25.5 Å². The molecule has 1 aromatic carbocycles. The fourth-order valence-electron chi connectivity index (χ4n) is 1.73. The van der Waals surface area contributed by atoms with Crippen molar-refractivity contribution in [2.24, 2.45) is 5.73 Å². The molecule has 2 aromatic rings. The molecule has 21 heavy (non-hydrogen) atoms. The second kappa shape index (κ2) is 7.35. The Morgan fingerprint density at radius 3 is 2.52 bits per heavy atom. The van der Waals surface area contributed by atoms with Crippen molar-refractivity contribution in [3.05, 3.63) is 47.9 Å². The number of anilines is 1. The zero-order valence-corrected chi connectivity index (χ0v) is 11.5. The van der Waals surface area contributed by atoms with E-state index in [1.165, 1.54) is 0 Å². The van der Waals surface area contributed by atoms with Gasteiger partial charge in [-0.1, -0.05) is 0 Å². The largest absolute Gasteiger partial charge is 0.493 e. The number of primary amides is 1. The summed E-state index contributed by atoms with van der Waals surface area (Å²) in [7, 11) is 0. The van der Waals surface area contributed by atoms with Gasteiger partial charge in [0.05, 0.1) is 19.6 Å². The van der Waals surface area contributed by atoms with Crippen molar-refractivity contribution in [3.8, 4) is 5.75 Å². The molecule has 112 valence electrons. The van der Waals surface area contributed by atoms with Crippen LogP contribution >= 0.6 is 0 Å². The van der Waals surface area contributed by atoms with Crippen molar-refractivity contribution in [1.82, 2.24) is 0 Å². The number of rotatable bonds is 8. The van der Waals surface area contributed by atoms with Crippen LogP contribution in [-0.2, 0) is 17.9 Å². The number of aliphatic hydroxyl groups is 1. The monoisotopic (exact) mass is 290 g/mol. The summed E-state index contributed by atoms with van der Waals surface area (Å²) in [5.74, 6) is 1.60. The van der Waals surface area contributed by atoms with Crippen LogP contribution in [0.2, 0.25) is 0 Å². The van der Waals surface area contributed by atoms with Gasteiger partial charge in [0.15, 0.2) is 0 Å². The summed E-state index contributed by atoms with van der Waals surface area (Å²) in [6.45, 7) is 0.706. The zero-order chi connectivity index (χ0) is 15.1. The molecule has 6 nitrogen and oxygen atoms in total. The minimum absolute atomic E-state index is 0.0999. The second-order valence-corrected chi connectivity index (χ2v) is 4.47. The highest BCUT2D eigenvalue weighted by molar-refractivity contribution is 5.73. The molecule has 0 fully saturated rings. The van der Waals surface area contributed by atoms with Gasteiger partial charge in [-0.25, -0.2) is 0 Å². The first kappa shape index (κ1) is 14.9. The van der Waals surface area contributed by atoms with E-state index >= 15 is 0 Å². The average Bonchev–Trinajstić information content (AvgIpc) is 2.94. The Hall–Kier alpha value is -2.47. The molecule has 0 spiro atoms. The maximum Gasteiger partial charge on any atom is 0.220 e. The van der Waals surface area contributed by atoms with Gasteiger partial charge in [0, 0.05) is 5.69 Å². The van der Waals surface area contributed by atoms with E-state index in [4.69, 9.17) is 20.0 Å². The van der Waals surface area contributed by atoms with Crippen LogP contribution in [0.25, 0.3) is 0 Å². The Balaban J connectivity index is 1.80. The van der Waals surface area contributed by atoms with E-state index in [9.17, 15) is 4.79 Å². The predicted molar refractivity (Wildman–Crippen MR) is 77.7 cm³/mol. The van der Waals surface area contributed by atoms with Crippen LogP contribution in [-0.4, -0.2) is 17.6 Å². The zero-order valence-electron chi connectivity index (χ0n) is 11.5. The van der Waals surface area contributed by atoms with Crippen LogP contribution < -0.4 is 15.8 Å². The number of ether oxygens (including phenoxy) is 1. The summed E-state index contributed by atoms with van der Waals surface area (Å²) < 4.78 is 10.8. The summed E-state index contributed by atoms with van der Waals surface area (Å²) in [5, 5.41) is 12.1. The first-order valence-electron chi connectivity index (χ1n) is 6.61. The topological polar surface area (TPSA) is 97.7 Å². The lowest BCUT2D eigenvalue weighted by molar-refractivity contribution is -0.118. The third kappa shape index (κ3) is 4.85. The summed E-state index contributed by atoms with van der Waals surface area (Å²) >= 11 is 0. The predicted octanol–water partition coefficient (Wildman–Crippen LogP) is 1.64. The van der Waals surface area contributed by atoms with E-state index in [1.54, 1.807) is 6.07 Å². The summed E-state index contributed by atoms with van der Waals surface area (Å²) in [6.07, 6.45) is 0.200. The SMILES string of the molecule is NC(=O)CCOc1ccc(NCc2ccc(CO)o2)cc1. The smallest absolute Gasteiger partial charge is 0.220 e. The quantitative estimate of drug-likeness (QED) is 0.686. The van der Waals surface area contributed by atoms with Gasteiger partial charge in [-0.05, 0) is 36.4 Å². The molecule has 2 rings (SSSR count). The van der Waals surface area contributed by atoms with Crippen LogP contribution in [0.3, 0.4) is 0 Å². The van der Waals surface area contributed by atoms with E-state index in [0.29, 0.717) is 18.1 Å². The molecule has 6 heteroatoms. The summed E-state index contributed by atoms with van der Waals surface area (Å²) in [6, 6.07) is 10.9. The highest BCUT2D eigenvalue weighted by Gasteiger charge is 2.01. The lowest BCUT2D eigenvalue weighted by Crippen LogP contribution is -2.14.